The summed E-state index contributed by atoms with van der Waals surface area (Å²) < 4.78 is 38.2. The van der Waals surface area contributed by atoms with Gasteiger partial charge in [0.25, 0.3) is 0 Å². The van der Waals surface area contributed by atoms with Crippen LogP contribution in [0.3, 0.4) is 0 Å². The Morgan fingerprint density at radius 3 is 2.40 bits per heavy atom. The van der Waals surface area contributed by atoms with Gasteiger partial charge in [0.1, 0.15) is 0 Å². The van der Waals surface area contributed by atoms with Crippen molar-refractivity contribution >= 4 is 23.5 Å². The Labute approximate surface area is 123 Å². The molecule has 0 bridgehead atoms. The molecule has 2 N–H and O–H groups in total. The number of halogens is 3. The standard InChI is InChI=1S/C12H13BrF2NO3P/c13-11-7-9(8-16-5-1-2-6-16)3-4-10(11)12(14,15)20(17,18)19/h1-4,7H,5-6,8H2,(H2,17,18,19). The van der Waals surface area contributed by atoms with Gasteiger partial charge in [0, 0.05) is 29.7 Å². The van der Waals surface area contributed by atoms with E-state index in [9.17, 15) is 13.3 Å². The van der Waals surface area contributed by atoms with Gasteiger partial charge in [-0.3, -0.25) is 9.46 Å². The molecular weight excluding hydrogens is 355 g/mol. The number of alkyl halides is 2. The van der Waals surface area contributed by atoms with Gasteiger partial charge in [0.05, 0.1) is 0 Å². The number of nitrogens with zero attached hydrogens (tertiary/aromatic N) is 1. The monoisotopic (exact) mass is 367 g/mol. The van der Waals surface area contributed by atoms with Gasteiger partial charge in [-0.1, -0.05) is 40.2 Å². The Morgan fingerprint density at radius 2 is 1.90 bits per heavy atom. The van der Waals surface area contributed by atoms with E-state index < -0.39 is 18.8 Å². The van der Waals surface area contributed by atoms with E-state index in [4.69, 9.17) is 9.79 Å². The molecule has 0 atom stereocenters. The van der Waals surface area contributed by atoms with E-state index >= 15 is 0 Å². The summed E-state index contributed by atoms with van der Waals surface area (Å²) in [6, 6.07) is 3.99. The molecule has 1 aromatic carbocycles. The molecule has 0 saturated heterocycles. The molecule has 20 heavy (non-hydrogen) atoms. The normalized spacial score (nSPS) is 16.9. The van der Waals surface area contributed by atoms with Gasteiger partial charge in [0.15, 0.2) is 0 Å². The minimum atomic E-state index is -5.55. The number of hydrogen-bond acceptors (Lipinski definition) is 2. The highest BCUT2D eigenvalue weighted by atomic mass is 79.9. The van der Waals surface area contributed by atoms with E-state index in [1.807, 2.05) is 12.2 Å². The lowest BCUT2D eigenvalue weighted by Crippen LogP contribution is -2.19. The summed E-state index contributed by atoms with van der Waals surface area (Å²) >= 11 is 2.97. The first-order chi connectivity index (χ1) is 9.22. The Bertz CT molecular complexity index is 580. The maximum Gasteiger partial charge on any atom is 0.399 e. The molecule has 1 aliphatic heterocycles. The summed E-state index contributed by atoms with van der Waals surface area (Å²) in [5, 5.41) is 0. The molecule has 0 aromatic heterocycles. The van der Waals surface area contributed by atoms with E-state index in [1.54, 1.807) is 0 Å². The van der Waals surface area contributed by atoms with Crippen LogP contribution in [0.1, 0.15) is 11.1 Å². The molecule has 4 nitrogen and oxygen atoms in total. The van der Waals surface area contributed by atoms with Crippen molar-refractivity contribution in [1.82, 2.24) is 4.90 Å². The van der Waals surface area contributed by atoms with Crippen LogP contribution in [0.2, 0.25) is 0 Å². The summed E-state index contributed by atoms with van der Waals surface area (Å²) in [4.78, 5) is 19.6. The third-order valence-electron chi connectivity index (χ3n) is 3.02. The van der Waals surface area contributed by atoms with E-state index in [0.29, 0.717) is 6.54 Å². The van der Waals surface area contributed by atoms with E-state index in [0.717, 1.165) is 24.7 Å². The van der Waals surface area contributed by atoms with Crippen LogP contribution in [0.4, 0.5) is 8.78 Å². The minimum absolute atomic E-state index is 0.00418. The third kappa shape index (κ3) is 3.18. The molecule has 1 aliphatic rings. The lowest BCUT2D eigenvalue weighted by molar-refractivity contribution is 0.0557. The molecule has 110 valence electrons. The molecule has 0 radical (unpaired) electrons. The van der Waals surface area contributed by atoms with Crippen LogP contribution in [0, 0.1) is 0 Å². The predicted molar refractivity (Wildman–Crippen MR) is 74.5 cm³/mol. The number of hydrogen-bond donors (Lipinski definition) is 2. The van der Waals surface area contributed by atoms with Crippen LogP contribution in [0.25, 0.3) is 0 Å². The lowest BCUT2D eigenvalue weighted by Gasteiger charge is -2.20. The van der Waals surface area contributed by atoms with Crippen molar-refractivity contribution in [2.45, 2.75) is 12.2 Å². The van der Waals surface area contributed by atoms with Crippen LogP contribution < -0.4 is 0 Å². The van der Waals surface area contributed by atoms with Gasteiger partial charge < -0.3 is 9.79 Å². The molecule has 8 heteroatoms. The number of benzene rings is 1. The van der Waals surface area contributed by atoms with Crippen molar-refractivity contribution in [1.29, 1.82) is 0 Å². The zero-order valence-electron chi connectivity index (χ0n) is 10.3. The molecule has 0 fully saturated rings. The maximum absolute atomic E-state index is 13.6. The molecule has 1 heterocycles. The van der Waals surface area contributed by atoms with Crippen molar-refractivity contribution in [2.24, 2.45) is 0 Å². The smallest absolute Gasteiger partial charge is 0.320 e. The zero-order chi connectivity index (χ0) is 15.0. The van der Waals surface area contributed by atoms with Gasteiger partial charge in [-0.05, 0) is 11.6 Å². The molecule has 2 rings (SSSR count). The average Bonchev–Trinajstić information content (AvgIpc) is 2.80. The van der Waals surface area contributed by atoms with Crippen molar-refractivity contribution in [3.63, 3.8) is 0 Å². The summed E-state index contributed by atoms with van der Waals surface area (Å²) in [7, 11) is -5.55. The largest absolute Gasteiger partial charge is 0.399 e. The van der Waals surface area contributed by atoms with E-state index in [1.165, 1.54) is 12.1 Å². The molecule has 0 spiro atoms. The fourth-order valence-corrected chi connectivity index (χ4v) is 3.30. The number of rotatable bonds is 4. The first-order valence-electron chi connectivity index (χ1n) is 5.81. The van der Waals surface area contributed by atoms with E-state index in [-0.39, 0.29) is 4.47 Å². The fourth-order valence-electron chi connectivity index (χ4n) is 1.97. The van der Waals surface area contributed by atoms with Gasteiger partial charge >= 0.3 is 13.3 Å². The van der Waals surface area contributed by atoms with Crippen LogP contribution in [-0.4, -0.2) is 27.8 Å². The second kappa shape index (κ2) is 5.66. The zero-order valence-corrected chi connectivity index (χ0v) is 12.8. The highest BCUT2D eigenvalue weighted by Crippen LogP contribution is 2.60. The molecule has 1 aromatic rings. The van der Waals surface area contributed by atoms with Gasteiger partial charge in [-0.2, -0.15) is 8.78 Å². The molecule has 0 saturated carbocycles. The van der Waals surface area contributed by atoms with Crippen LogP contribution in [0.5, 0.6) is 0 Å². The average molecular weight is 368 g/mol. The molecule has 0 amide bonds. The van der Waals surface area contributed by atoms with Gasteiger partial charge in [-0.25, -0.2) is 0 Å². The van der Waals surface area contributed by atoms with Crippen LogP contribution in [0.15, 0.2) is 34.8 Å². The Hall–Kier alpha value is -0.590. The maximum atomic E-state index is 13.6. The first-order valence-corrected chi connectivity index (χ1v) is 8.22. The summed E-state index contributed by atoms with van der Waals surface area (Å²) in [6.45, 7) is 2.20. The highest BCUT2D eigenvalue weighted by Gasteiger charge is 2.51. The lowest BCUT2D eigenvalue weighted by atomic mass is 10.1. The second-order valence-electron chi connectivity index (χ2n) is 4.56. The predicted octanol–water partition coefficient (Wildman–Crippen LogP) is 3.05. The van der Waals surface area contributed by atoms with Crippen molar-refractivity contribution in [3.8, 4) is 0 Å². The SMILES string of the molecule is O=P(O)(O)C(F)(F)c1ccc(CN2CC=CC2)cc1Br. The van der Waals surface area contributed by atoms with Crippen molar-refractivity contribution < 1.29 is 23.1 Å². The van der Waals surface area contributed by atoms with Crippen molar-refractivity contribution in [3.05, 3.63) is 46.0 Å². The summed E-state index contributed by atoms with van der Waals surface area (Å²) in [6.07, 6.45) is 4.04. The molecule has 0 unspecified atom stereocenters. The minimum Gasteiger partial charge on any atom is -0.320 e. The van der Waals surface area contributed by atoms with E-state index in [2.05, 4.69) is 20.8 Å². The Balaban J connectivity index is 2.24. The summed E-state index contributed by atoms with van der Waals surface area (Å²) in [5.41, 5.74) is -4.10. The topological polar surface area (TPSA) is 60.8 Å². The summed E-state index contributed by atoms with van der Waals surface area (Å²) in [5.74, 6) is 0. The van der Waals surface area contributed by atoms with Gasteiger partial charge in [0.2, 0.25) is 0 Å². The molecular formula is C12H13BrF2NO3P. The Kier molecular flexibility index (Phi) is 4.47. The second-order valence-corrected chi connectivity index (χ2v) is 7.07. The van der Waals surface area contributed by atoms with Gasteiger partial charge in [-0.15, -0.1) is 0 Å². The fraction of sp³-hybridized carbons (Fsp3) is 0.333. The van der Waals surface area contributed by atoms with Crippen LogP contribution in [-0.2, 0) is 16.8 Å². The first kappa shape index (κ1) is 15.8. The highest BCUT2D eigenvalue weighted by molar-refractivity contribution is 9.10. The third-order valence-corrected chi connectivity index (χ3v) is 4.65. The van der Waals surface area contributed by atoms with Crippen molar-refractivity contribution in [2.75, 3.05) is 13.1 Å². The Morgan fingerprint density at radius 1 is 1.30 bits per heavy atom. The van der Waals surface area contributed by atoms with Crippen LogP contribution >= 0.6 is 23.5 Å². The molecule has 0 aliphatic carbocycles. The quantitative estimate of drug-likeness (QED) is 0.634.